The highest BCUT2D eigenvalue weighted by Crippen LogP contribution is 2.30. The number of carbonyl (C=O) groups excluding carboxylic acids is 1. The van der Waals surface area contributed by atoms with Crippen molar-refractivity contribution >= 4 is 11.6 Å². The lowest BCUT2D eigenvalue weighted by Gasteiger charge is -2.34. The maximum atomic E-state index is 12.4. The minimum absolute atomic E-state index is 0.0263. The Bertz CT molecular complexity index is 450. The Balaban J connectivity index is 2.13. The number of anilines is 1. The molecule has 104 valence electrons. The molecule has 3 N–H and O–H groups in total. The van der Waals surface area contributed by atoms with Gasteiger partial charge in [0.25, 0.3) is 5.91 Å². The van der Waals surface area contributed by atoms with Gasteiger partial charge in [-0.1, -0.05) is 38.8 Å². The van der Waals surface area contributed by atoms with E-state index in [-0.39, 0.29) is 11.9 Å². The quantitative estimate of drug-likeness (QED) is 0.803. The highest BCUT2D eigenvalue weighted by atomic mass is 16.1. The fourth-order valence-electron chi connectivity index (χ4n) is 3.03. The van der Waals surface area contributed by atoms with E-state index in [1.54, 1.807) is 6.07 Å². The standard InChI is InChI=1S/C16H24N2O/c1-10-6-5-9-14(12(10)3)18-16(19)15-11(2)7-4-8-13(15)17/h4,7-8,10,12,14H,5-6,9,17H2,1-3H3,(H,18,19). The summed E-state index contributed by atoms with van der Waals surface area (Å²) in [7, 11) is 0. The second-order valence-electron chi connectivity index (χ2n) is 5.89. The number of amides is 1. The summed E-state index contributed by atoms with van der Waals surface area (Å²) in [6.07, 6.45) is 3.53. The third-order valence-corrected chi connectivity index (χ3v) is 4.56. The number of benzene rings is 1. The predicted molar refractivity (Wildman–Crippen MR) is 79.0 cm³/mol. The number of carbonyl (C=O) groups is 1. The van der Waals surface area contributed by atoms with Crippen LogP contribution in [0.3, 0.4) is 0 Å². The molecule has 1 aromatic rings. The highest BCUT2D eigenvalue weighted by molar-refractivity contribution is 6.00. The summed E-state index contributed by atoms with van der Waals surface area (Å²) >= 11 is 0. The average Bonchev–Trinajstić information content (AvgIpc) is 2.35. The Kier molecular flexibility index (Phi) is 4.13. The van der Waals surface area contributed by atoms with E-state index in [1.807, 2.05) is 19.1 Å². The van der Waals surface area contributed by atoms with Crippen LogP contribution in [-0.2, 0) is 0 Å². The minimum Gasteiger partial charge on any atom is -0.398 e. The van der Waals surface area contributed by atoms with Crippen molar-refractivity contribution in [1.82, 2.24) is 5.32 Å². The van der Waals surface area contributed by atoms with E-state index in [2.05, 4.69) is 19.2 Å². The van der Waals surface area contributed by atoms with Gasteiger partial charge in [0.1, 0.15) is 0 Å². The Labute approximate surface area is 115 Å². The molecule has 0 heterocycles. The molecular formula is C16H24N2O. The third-order valence-electron chi connectivity index (χ3n) is 4.56. The smallest absolute Gasteiger partial charge is 0.253 e. The molecule has 1 saturated carbocycles. The first kappa shape index (κ1) is 13.9. The van der Waals surface area contributed by atoms with Crippen molar-refractivity contribution < 1.29 is 4.79 Å². The number of nitrogen functional groups attached to an aromatic ring is 1. The van der Waals surface area contributed by atoms with Crippen molar-refractivity contribution in [2.24, 2.45) is 11.8 Å². The number of nitrogens with two attached hydrogens (primary N) is 1. The van der Waals surface area contributed by atoms with E-state index in [4.69, 9.17) is 5.73 Å². The maximum absolute atomic E-state index is 12.4. The summed E-state index contributed by atoms with van der Waals surface area (Å²) in [6.45, 7) is 6.43. The van der Waals surface area contributed by atoms with Crippen LogP contribution in [0, 0.1) is 18.8 Å². The predicted octanol–water partition coefficient (Wildman–Crippen LogP) is 3.13. The lowest BCUT2D eigenvalue weighted by molar-refractivity contribution is 0.0891. The van der Waals surface area contributed by atoms with E-state index in [0.717, 1.165) is 12.0 Å². The van der Waals surface area contributed by atoms with Crippen LogP contribution in [0.1, 0.15) is 49.0 Å². The summed E-state index contributed by atoms with van der Waals surface area (Å²) in [5.41, 5.74) is 8.06. The van der Waals surface area contributed by atoms with Gasteiger partial charge < -0.3 is 11.1 Å². The van der Waals surface area contributed by atoms with Crippen LogP contribution < -0.4 is 11.1 Å². The van der Waals surface area contributed by atoms with E-state index >= 15 is 0 Å². The van der Waals surface area contributed by atoms with E-state index in [1.165, 1.54) is 12.8 Å². The lowest BCUT2D eigenvalue weighted by atomic mass is 9.78. The van der Waals surface area contributed by atoms with Gasteiger partial charge in [-0.25, -0.2) is 0 Å². The Morgan fingerprint density at radius 1 is 1.32 bits per heavy atom. The van der Waals surface area contributed by atoms with Gasteiger partial charge >= 0.3 is 0 Å². The van der Waals surface area contributed by atoms with Gasteiger partial charge in [0.2, 0.25) is 0 Å². The molecule has 0 aliphatic heterocycles. The second-order valence-corrected chi connectivity index (χ2v) is 5.89. The molecule has 1 aliphatic rings. The van der Waals surface area contributed by atoms with Crippen LogP contribution >= 0.6 is 0 Å². The van der Waals surface area contributed by atoms with Crippen LogP contribution in [0.4, 0.5) is 5.69 Å². The Hall–Kier alpha value is -1.51. The van der Waals surface area contributed by atoms with Gasteiger partial charge in [-0.05, 0) is 36.8 Å². The molecule has 1 amide bonds. The minimum atomic E-state index is -0.0263. The molecule has 0 aromatic heterocycles. The molecule has 1 aliphatic carbocycles. The van der Waals surface area contributed by atoms with Gasteiger partial charge in [0.15, 0.2) is 0 Å². The normalized spacial score (nSPS) is 27.0. The first-order chi connectivity index (χ1) is 9.00. The number of rotatable bonds is 2. The largest absolute Gasteiger partial charge is 0.398 e. The molecule has 3 heteroatoms. The van der Waals surface area contributed by atoms with Crippen LogP contribution in [0.25, 0.3) is 0 Å². The zero-order chi connectivity index (χ0) is 14.0. The van der Waals surface area contributed by atoms with Gasteiger partial charge in [0, 0.05) is 11.7 Å². The van der Waals surface area contributed by atoms with Gasteiger partial charge in [-0.2, -0.15) is 0 Å². The summed E-state index contributed by atoms with van der Waals surface area (Å²) in [5.74, 6) is 1.18. The Morgan fingerprint density at radius 2 is 2.05 bits per heavy atom. The molecule has 3 unspecified atom stereocenters. The maximum Gasteiger partial charge on any atom is 0.253 e. The molecule has 0 radical (unpaired) electrons. The first-order valence-electron chi connectivity index (χ1n) is 7.16. The fourth-order valence-corrected chi connectivity index (χ4v) is 3.03. The number of nitrogens with one attached hydrogen (secondary N) is 1. The molecular weight excluding hydrogens is 236 g/mol. The molecule has 0 bridgehead atoms. The molecule has 0 saturated heterocycles. The van der Waals surface area contributed by atoms with E-state index < -0.39 is 0 Å². The van der Waals surface area contributed by atoms with Crippen molar-refractivity contribution in [2.45, 2.75) is 46.1 Å². The summed E-state index contributed by atoms with van der Waals surface area (Å²) in [4.78, 5) is 12.4. The van der Waals surface area contributed by atoms with Crippen molar-refractivity contribution in [3.63, 3.8) is 0 Å². The van der Waals surface area contributed by atoms with Crippen molar-refractivity contribution in [3.05, 3.63) is 29.3 Å². The highest BCUT2D eigenvalue weighted by Gasteiger charge is 2.28. The molecule has 2 rings (SSSR count). The molecule has 1 fully saturated rings. The molecule has 19 heavy (non-hydrogen) atoms. The molecule has 3 atom stereocenters. The van der Waals surface area contributed by atoms with Gasteiger partial charge in [-0.15, -0.1) is 0 Å². The number of hydrogen-bond acceptors (Lipinski definition) is 2. The van der Waals surface area contributed by atoms with Crippen LogP contribution in [-0.4, -0.2) is 11.9 Å². The van der Waals surface area contributed by atoms with Crippen molar-refractivity contribution in [3.8, 4) is 0 Å². The van der Waals surface area contributed by atoms with E-state index in [0.29, 0.717) is 23.1 Å². The fraction of sp³-hybridized carbons (Fsp3) is 0.562. The molecule has 1 aromatic carbocycles. The lowest BCUT2D eigenvalue weighted by Crippen LogP contribution is -2.44. The van der Waals surface area contributed by atoms with E-state index in [9.17, 15) is 4.79 Å². The van der Waals surface area contributed by atoms with Crippen LogP contribution in [0.5, 0.6) is 0 Å². The third kappa shape index (κ3) is 2.91. The van der Waals surface area contributed by atoms with Gasteiger partial charge in [-0.3, -0.25) is 4.79 Å². The van der Waals surface area contributed by atoms with Crippen LogP contribution in [0.2, 0.25) is 0 Å². The summed E-state index contributed by atoms with van der Waals surface area (Å²) in [5, 5.41) is 3.18. The number of aryl methyl sites for hydroxylation is 1. The zero-order valence-electron chi connectivity index (χ0n) is 12.1. The molecule has 0 spiro atoms. The monoisotopic (exact) mass is 260 g/mol. The zero-order valence-corrected chi connectivity index (χ0v) is 12.1. The van der Waals surface area contributed by atoms with Crippen molar-refractivity contribution in [1.29, 1.82) is 0 Å². The Morgan fingerprint density at radius 3 is 2.74 bits per heavy atom. The van der Waals surface area contributed by atoms with Gasteiger partial charge in [0.05, 0.1) is 5.56 Å². The summed E-state index contributed by atoms with van der Waals surface area (Å²) in [6, 6.07) is 5.87. The topological polar surface area (TPSA) is 55.1 Å². The number of hydrogen-bond donors (Lipinski definition) is 2. The van der Waals surface area contributed by atoms with Crippen LogP contribution in [0.15, 0.2) is 18.2 Å². The SMILES string of the molecule is Cc1cccc(N)c1C(=O)NC1CCCC(C)C1C. The average molecular weight is 260 g/mol. The second kappa shape index (κ2) is 5.64. The molecule has 3 nitrogen and oxygen atoms in total. The summed E-state index contributed by atoms with van der Waals surface area (Å²) < 4.78 is 0. The van der Waals surface area contributed by atoms with Crippen molar-refractivity contribution in [2.75, 3.05) is 5.73 Å². The first-order valence-corrected chi connectivity index (χ1v) is 7.16.